The molecule has 2 rings (SSSR count). The maximum atomic E-state index is 12.2. The minimum absolute atomic E-state index is 0.000995. The van der Waals surface area contributed by atoms with Crippen LogP contribution in [0.4, 0.5) is 0 Å². The Morgan fingerprint density at radius 2 is 2.14 bits per heavy atom. The molecule has 0 amide bonds. The van der Waals surface area contributed by atoms with Crippen LogP contribution in [0.5, 0.6) is 0 Å². The van der Waals surface area contributed by atoms with Crippen molar-refractivity contribution in [3.05, 3.63) is 18.0 Å². The first-order valence-electron chi connectivity index (χ1n) is 7.25. The third kappa shape index (κ3) is 4.52. The second-order valence-corrected chi connectivity index (χ2v) is 8.75. The third-order valence-corrected chi connectivity index (χ3v) is 5.46. The summed E-state index contributed by atoms with van der Waals surface area (Å²) in [5, 5.41) is 6.55. The third-order valence-electron chi connectivity index (χ3n) is 3.97. The molecule has 1 aliphatic heterocycles. The summed E-state index contributed by atoms with van der Waals surface area (Å²) in [5.41, 5.74) is 0.312. The fourth-order valence-electron chi connectivity index (χ4n) is 3.02. The minimum Gasteiger partial charge on any atom is -0.369 e. The lowest BCUT2D eigenvalue weighted by molar-refractivity contribution is -0.0726. The van der Waals surface area contributed by atoms with Gasteiger partial charge in [0.2, 0.25) is 10.0 Å². The molecule has 0 saturated carbocycles. The molecule has 2 heterocycles. The molecule has 1 aromatic rings. The van der Waals surface area contributed by atoms with Crippen molar-refractivity contribution in [1.82, 2.24) is 14.9 Å². The first-order chi connectivity index (χ1) is 9.60. The Kier molecular flexibility index (Phi) is 4.46. The van der Waals surface area contributed by atoms with Gasteiger partial charge in [-0.15, -0.1) is 0 Å². The highest BCUT2D eigenvalue weighted by atomic mass is 32.2. The monoisotopic (exact) mass is 315 g/mol. The molecule has 1 aliphatic rings. The van der Waals surface area contributed by atoms with Gasteiger partial charge in [-0.25, -0.2) is 13.1 Å². The Morgan fingerprint density at radius 3 is 2.67 bits per heavy atom. The number of aromatic nitrogens is 2. The van der Waals surface area contributed by atoms with Crippen molar-refractivity contribution in [2.75, 3.05) is 12.3 Å². The van der Waals surface area contributed by atoms with Crippen LogP contribution in [-0.2, 0) is 21.2 Å². The van der Waals surface area contributed by atoms with Crippen molar-refractivity contribution in [2.45, 2.75) is 51.7 Å². The van der Waals surface area contributed by atoms with E-state index < -0.39 is 15.6 Å². The van der Waals surface area contributed by atoms with Crippen molar-refractivity contribution in [3.8, 4) is 0 Å². The summed E-state index contributed by atoms with van der Waals surface area (Å²) in [6.07, 6.45) is 4.85. The molecule has 6 nitrogen and oxygen atoms in total. The van der Waals surface area contributed by atoms with Gasteiger partial charge in [0.05, 0.1) is 23.2 Å². The summed E-state index contributed by atoms with van der Waals surface area (Å²) < 4.78 is 33.1. The predicted octanol–water partition coefficient (Wildman–Crippen LogP) is 1.47. The Bertz CT molecular complexity index is 564. The summed E-state index contributed by atoms with van der Waals surface area (Å²) >= 11 is 0. The fraction of sp³-hybridized carbons (Fsp3) is 0.786. The summed E-state index contributed by atoms with van der Waals surface area (Å²) in [5.74, 6) is 0.105. The molecular formula is C14H25N3O3S. The molecule has 120 valence electrons. The number of nitrogens with one attached hydrogen (secondary N) is 2. The molecular weight excluding hydrogens is 290 g/mol. The number of rotatable bonds is 6. The lowest BCUT2D eigenvalue weighted by Gasteiger charge is -2.27. The Labute approximate surface area is 126 Å². The molecule has 0 aromatic carbocycles. The second kappa shape index (κ2) is 5.70. The van der Waals surface area contributed by atoms with E-state index in [-0.39, 0.29) is 17.3 Å². The Balaban J connectivity index is 1.89. The molecule has 1 fully saturated rings. The molecule has 1 atom stereocenters. The number of sulfonamides is 1. The van der Waals surface area contributed by atoms with Crippen LogP contribution in [-0.4, -0.2) is 42.1 Å². The molecule has 0 bridgehead atoms. The van der Waals surface area contributed by atoms with E-state index in [1.54, 1.807) is 12.4 Å². The van der Waals surface area contributed by atoms with Crippen molar-refractivity contribution in [2.24, 2.45) is 5.92 Å². The highest BCUT2D eigenvalue weighted by Gasteiger charge is 2.47. The van der Waals surface area contributed by atoms with Gasteiger partial charge in [0.15, 0.2) is 0 Å². The number of aromatic amines is 1. The van der Waals surface area contributed by atoms with E-state index in [1.807, 2.05) is 27.7 Å². The molecule has 1 unspecified atom stereocenters. The van der Waals surface area contributed by atoms with Crippen molar-refractivity contribution in [3.63, 3.8) is 0 Å². The fourth-order valence-corrected chi connectivity index (χ4v) is 4.60. The van der Waals surface area contributed by atoms with Gasteiger partial charge in [-0.3, -0.25) is 5.10 Å². The van der Waals surface area contributed by atoms with Crippen LogP contribution in [0.15, 0.2) is 12.4 Å². The van der Waals surface area contributed by atoms with Crippen LogP contribution in [0.1, 0.15) is 39.7 Å². The largest absolute Gasteiger partial charge is 0.369 e. The van der Waals surface area contributed by atoms with E-state index in [1.165, 1.54) is 0 Å². The zero-order valence-corrected chi connectivity index (χ0v) is 14.0. The smallest absolute Gasteiger partial charge is 0.211 e. The van der Waals surface area contributed by atoms with Crippen LogP contribution in [0, 0.1) is 5.92 Å². The van der Waals surface area contributed by atoms with Crippen LogP contribution >= 0.6 is 0 Å². The summed E-state index contributed by atoms with van der Waals surface area (Å²) in [6, 6.07) is 0. The molecule has 1 saturated heterocycles. The first-order valence-corrected chi connectivity index (χ1v) is 8.90. The second-order valence-electron chi connectivity index (χ2n) is 6.90. The number of H-pyrrole nitrogens is 1. The highest BCUT2D eigenvalue weighted by Crippen LogP contribution is 2.42. The minimum atomic E-state index is -3.30. The van der Waals surface area contributed by atoms with Gasteiger partial charge in [0.1, 0.15) is 0 Å². The van der Waals surface area contributed by atoms with Gasteiger partial charge < -0.3 is 4.74 Å². The van der Waals surface area contributed by atoms with Gasteiger partial charge in [-0.2, -0.15) is 5.10 Å². The summed E-state index contributed by atoms with van der Waals surface area (Å²) in [6.45, 7) is 8.33. The van der Waals surface area contributed by atoms with Crippen molar-refractivity contribution < 1.29 is 13.2 Å². The average Bonchev–Trinajstić information content (AvgIpc) is 2.84. The Morgan fingerprint density at radius 1 is 1.43 bits per heavy atom. The van der Waals surface area contributed by atoms with E-state index in [0.717, 1.165) is 12.0 Å². The standard InChI is InChI=1S/C14H25N3O3S/c1-13(2)7-12(14(3,4)20-13)10-21(18,19)17-6-5-11-8-15-16-9-11/h8-9,12,17H,5-7,10H2,1-4H3,(H,15,16). The quantitative estimate of drug-likeness (QED) is 0.832. The van der Waals surface area contributed by atoms with Crippen LogP contribution < -0.4 is 4.72 Å². The van der Waals surface area contributed by atoms with Gasteiger partial charge >= 0.3 is 0 Å². The molecule has 7 heteroatoms. The molecule has 0 spiro atoms. The van der Waals surface area contributed by atoms with Gasteiger partial charge in [0, 0.05) is 18.7 Å². The lowest BCUT2D eigenvalue weighted by Crippen LogP contribution is -2.38. The number of hydrogen-bond acceptors (Lipinski definition) is 4. The number of nitrogens with zero attached hydrogens (tertiary/aromatic N) is 1. The molecule has 0 radical (unpaired) electrons. The zero-order valence-electron chi connectivity index (χ0n) is 13.1. The maximum absolute atomic E-state index is 12.2. The SMILES string of the molecule is CC1(C)CC(CS(=O)(=O)NCCc2cn[nH]c2)C(C)(C)O1. The van der Waals surface area contributed by atoms with E-state index in [0.29, 0.717) is 13.0 Å². The van der Waals surface area contributed by atoms with E-state index >= 15 is 0 Å². The number of ether oxygens (including phenoxy) is 1. The van der Waals surface area contributed by atoms with Crippen LogP contribution in [0.3, 0.4) is 0 Å². The number of hydrogen-bond donors (Lipinski definition) is 2. The molecule has 21 heavy (non-hydrogen) atoms. The molecule has 0 aliphatic carbocycles. The van der Waals surface area contributed by atoms with Crippen LogP contribution in [0.25, 0.3) is 0 Å². The van der Waals surface area contributed by atoms with Gasteiger partial charge in [-0.05, 0) is 46.1 Å². The topological polar surface area (TPSA) is 84.1 Å². The normalized spacial score (nSPS) is 24.3. The summed E-state index contributed by atoms with van der Waals surface area (Å²) in [4.78, 5) is 0. The van der Waals surface area contributed by atoms with E-state index in [4.69, 9.17) is 4.74 Å². The van der Waals surface area contributed by atoms with Crippen LogP contribution in [0.2, 0.25) is 0 Å². The zero-order chi connectivity index (χ0) is 15.7. The van der Waals surface area contributed by atoms with Crippen molar-refractivity contribution in [1.29, 1.82) is 0 Å². The van der Waals surface area contributed by atoms with Crippen molar-refractivity contribution >= 4 is 10.0 Å². The van der Waals surface area contributed by atoms with E-state index in [9.17, 15) is 8.42 Å². The van der Waals surface area contributed by atoms with E-state index in [2.05, 4.69) is 14.9 Å². The lowest BCUT2D eigenvalue weighted by atomic mass is 9.89. The summed E-state index contributed by atoms with van der Waals surface area (Å²) in [7, 11) is -3.30. The average molecular weight is 315 g/mol. The maximum Gasteiger partial charge on any atom is 0.211 e. The molecule has 1 aromatic heterocycles. The van der Waals surface area contributed by atoms with Gasteiger partial charge in [-0.1, -0.05) is 0 Å². The first kappa shape index (κ1) is 16.5. The van der Waals surface area contributed by atoms with Gasteiger partial charge in [0.25, 0.3) is 0 Å². The highest BCUT2D eigenvalue weighted by molar-refractivity contribution is 7.89. The predicted molar refractivity (Wildman–Crippen MR) is 81.4 cm³/mol. The molecule has 2 N–H and O–H groups in total. The Hall–Kier alpha value is -0.920.